The molecule has 0 saturated heterocycles. The van der Waals surface area contributed by atoms with Crippen molar-refractivity contribution in [1.82, 2.24) is 4.72 Å². The van der Waals surface area contributed by atoms with Crippen molar-refractivity contribution in [1.29, 1.82) is 5.26 Å². The number of halogens is 4. The molecule has 0 bridgehead atoms. The minimum Gasteiger partial charge on any atom is -0.324 e. The number of carbonyl (C=O) groups excluding carboxylic acids is 1. The number of alkyl halides is 3. The Hall–Kier alpha value is -3.02. The third kappa shape index (κ3) is 6.59. The molecule has 1 atom stereocenters. The summed E-state index contributed by atoms with van der Waals surface area (Å²) in [5.74, 6) is -3.15. The van der Waals surface area contributed by atoms with Gasteiger partial charge in [0.15, 0.2) is 9.84 Å². The van der Waals surface area contributed by atoms with Crippen LogP contribution in [0.5, 0.6) is 0 Å². The van der Waals surface area contributed by atoms with Crippen LogP contribution in [0, 0.1) is 17.1 Å². The lowest BCUT2D eigenvalue weighted by Crippen LogP contribution is -2.61. The van der Waals surface area contributed by atoms with Crippen LogP contribution in [0.2, 0.25) is 0 Å². The quantitative estimate of drug-likeness (QED) is 0.401. The molecule has 2 aromatic rings. The van der Waals surface area contributed by atoms with E-state index in [9.17, 15) is 39.2 Å². The maximum atomic E-state index is 13.3. The Kier molecular flexibility index (Phi) is 7.95. The van der Waals surface area contributed by atoms with Gasteiger partial charge in [0, 0.05) is 5.69 Å². The van der Waals surface area contributed by atoms with E-state index in [2.05, 4.69) is 10.0 Å². The number of hydrogen-bond donors (Lipinski definition) is 2. The van der Waals surface area contributed by atoms with Gasteiger partial charge in [-0.2, -0.15) is 23.2 Å². The second-order valence-corrected chi connectivity index (χ2v) is 13.5. The van der Waals surface area contributed by atoms with Crippen LogP contribution in [0.25, 0.3) is 0 Å². The molecule has 14 heteroatoms. The zero-order chi connectivity index (χ0) is 27.7. The fourth-order valence-corrected chi connectivity index (χ4v) is 5.76. The maximum Gasteiger partial charge on any atom is 0.417 e. The lowest BCUT2D eigenvalue weighted by Gasteiger charge is -2.32. The van der Waals surface area contributed by atoms with Crippen molar-refractivity contribution >= 4 is 31.5 Å². The highest BCUT2D eigenvalue weighted by atomic mass is 32.2. The average molecular weight is 550 g/mol. The second kappa shape index (κ2) is 9.79. The average Bonchev–Trinajstić information content (AvgIpc) is 2.71. The summed E-state index contributed by atoms with van der Waals surface area (Å²) in [5.41, 5.74) is -4.92. The van der Waals surface area contributed by atoms with Gasteiger partial charge in [0.25, 0.3) is 0 Å². The number of sulfonamides is 1. The van der Waals surface area contributed by atoms with Crippen molar-refractivity contribution in [2.24, 2.45) is 0 Å². The number of benzene rings is 2. The van der Waals surface area contributed by atoms with Crippen LogP contribution in [0.1, 0.15) is 38.8 Å². The van der Waals surface area contributed by atoms with Crippen LogP contribution < -0.4 is 10.0 Å². The number of amides is 1. The normalized spacial score (nSPS) is 14.5. The zero-order valence-corrected chi connectivity index (χ0v) is 21.2. The summed E-state index contributed by atoms with van der Waals surface area (Å²) in [6, 6.07) is 7.23. The molecule has 0 aliphatic carbocycles. The summed E-state index contributed by atoms with van der Waals surface area (Å²) in [4.78, 5) is 12.8. The molecular formula is C22H23F4N3O5S2. The van der Waals surface area contributed by atoms with Crippen molar-refractivity contribution in [2.45, 2.75) is 49.1 Å². The number of nitrogens with zero attached hydrogens (tertiary/aromatic N) is 1. The van der Waals surface area contributed by atoms with Gasteiger partial charge in [0.1, 0.15) is 11.4 Å². The number of anilines is 1. The standard InChI is InChI=1S/C22H23F4N3O5S2/c1-20(2,3)36(33,34)29-21(4,13-35(31,32)17-9-6-15(23)7-10-17)19(30)28-16-8-5-14(12-27)18(11-16)22(24,25)26/h5-11,29H,13H2,1-4H3,(H,28,30). The molecule has 0 fully saturated rings. The molecule has 196 valence electrons. The third-order valence-corrected chi connectivity index (χ3v) is 9.30. The molecule has 0 heterocycles. The highest BCUT2D eigenvalue weighted by molar-refractivity contribution is 7.92. The molecule has 1 amide bonds. The Morgan fingerprint density at radius 3 is 2.00 bits per heavy atom. The van der Waals surface area contributed by atoms with Gasteiger partial charge in [0.05, 0.1) is 32.6 Å². The van der Waals surface area contributed by atoms with Crippen LogP contribution in [-0.2, 0) is 30.8 Å². The van der Waals surface area contributed by atoms with Gasteiger partial charge in [-0.05, 0) is 70.2 Å². The summed E-state index contributed by atoms with van der Waals surface area (Å²) in [7, 11) is -8.76. The number of carbonyl (C=O) groups is 1. The van der Waals surface area contributed by atoms with Crippen LogP contribution in [0.15, 0.2) is 47.4 Å². The van der Waals surface area contributed by atoms with E-state index in [0.29, 0.717) is 6.07 Å². The molecule has 2 aromatic carbocycles. The van der Waals surface area contributed by atoms with Gasteiger partial charge >= 0.3 is 6.18 Å². The first-order valence-electron chi connectivity index (χ1n) is 10.2. The van der Waals surface area contributed by atoms with Crippen molar-refractivity contribution < 1.29 is 39.2 Å². The van der Waals surface area contributed by atoms with Gasteiger partial charge < -0.3 is 5.32 Å². The molecule has 0 saturated carbocycles. The fourth-order valence-electron chi connectivity index (χ4n) is 2.92. The van der Waals surface area contributed by atoms with E-state index in [1.54, 1.807) is 0 Å². The van der Waals surface area contributed by atoms with E-state index in [4.69, 9.17) is 5.26 Å². The predicted molar refractivity (Wildman–Crippen MR) is 123 cm³/mol. The number of rotatable bonds is 7. The lowest BCUT2D eigenvalue weighted by atomic mass is 10.0. The summed E-state index contributed by atoms with van der Waals surface area (Å²) in [6.45, 7) is 4.83. The summed E-state index contributed by atoms with van der Waals surface area (Å²) < 4.78 is 105. The monoisotopic (exact) mass is 549 g/mol. The Morgan fingerprint density at radius 2 is 1.53 bits per heavy atom. The zero-order valence-electron chi connectivity index (χ0n) is 19.6. The number of sulfone groups is 1. The SMILES string of the molecule is CC(CS(=O)(=O)c1ccc(F)cc1)(NS(=O)(=O)C(C)(C)C)C(=O)Nc1ccc(C#N)c(C(F)(F)F)c1. The minimum absolute atomic E-state index is 0.407. The van der Waals surface area contributed by atoms with Gasteiger partial charge in [0.2, 0.25) is 15.9 Å². The molecule has 8 nitrogen and oxygen atoms in total. The maximum absolute atomic E-state index is 13.3. The first-order chi connectivity index (χ1) is 16.2. The van der Waals surface area contributed by atoms with Crippen molar-refractivity contribution in [3.05, 3.63) is 59.4 Å². The number of nitriles is 1. The van der Waals surface area contributed by atoms with E-state index in [-0.39, 0.29) is 0 Å². The Morgan fingerprint density at radius 1 is 0.972 bits per heavy atom. The first kappa shape index (κ1) is 29.2. The van der Waals surface area contributed by atoms with Crippen LogP contribution in [-0.4, -0.2) is 38.8 Å². The van der Waals surface area contributed by atoms with Crippen LogP contribution in [0.4, 0.5) is 23.2 Å². The highest BCUT2D eigenvalue weighted by Crippen LogP contribution is 2.34. The molecule has 0 aliphatic heterocycles. The summed E-state index contributed by atoms with van der Waals surface area (Å²) >= 11 is 0. The molecule has 0 spiro atoms. The fraction of sp³-hybridized carbons (Fsp3) is 0.364. The van der Waals surface area contributed by atoms with Crippen LogP contribution in [0.3, 0.4) is 0 Å². The Balaban J connectivity index is 2.56. The Bertz CT molecular complexity index is 1410. The molecular weight excluding hydrogens is 526 g/mol. The second-order valence-electron chi connectivity index (χ2n) is 9.09. The molecule has 0 radical (unpaired) electrons. The largest absolute Gasteiger partial charge is 0.417 e. The van der Waals surface area contributed by atoms with Gasteiger partial charge in [-0.1, -0.05) is 0 Å². The number of nitrogens with one attached hydrogen (secondary N) is 2. The minimum atomic E-state index is -4.94. The highest BCUT2D eigenvalue weighted by Gasteiger charge is 2.45. The predicted octanol–water partition coefficient (Wildman–Crippen LogP) is 3.61. The lowest BCUT2D eigenvalue weighted by molar-refractivity contribution is -0.137. The molecule has 0 aromatic heterocycles. The van der Waals surface area contributed by atoms with Gasteiger partial charge in [-0.25, -0.2) is 21.2 Å². The Labute approximate surface area is 206 Å². The van der Waals surface area contributed by atoms with E-state index in [1.807, 2.05) is 0 Å². The van der Waals surface area contributed by atoms with E-state index in [0.717, 1.165) is 43.3 Å². The van der Waals surface area contributed by atoms with Gasteiger partial charge in [-0.3, -0.25) is 4.79 Å². The van der Waals surface area contributed by atoms with Crippen molar-refractivity contribution in [3.8, 4) is 6.07 Å². The smallest absolute Gasteiger partial charge is 0.324 e. The number of hydrogen-bond acceptors (Lipinski definition) is 6. The molecule has 36 heavy (non-hydrogen) atoms. The summed E-state index contributed by atoms with van der Waals surface area (Å²) in [5, 5.41) is 11.0. The topological polar surface area (TPSA) is 133 Å². The third-order valence-electron chi connectivity index (χ3n) is 5.02. The van der Waals surface area contributed by atoms with E-state index in [1.165, 1.54) is 26.8 Å². The molecule has 0 aliphatic rings. The molecule has 2 rings (SSSR count). The first-order valence-corrected chi connectivity index (χ1v) is 13.3. The molecule has 2 N–H and O–H groups in total. The summed E-state index contributed by atoms with van der Waals surface area (Å²) in [6.07, 6.45) is -4.94. The van der Waals surface area contributed by atoms with Crippen molar-refractivity contribution in [3.63, 3.8) is 0 Å². The van der Waals surface area contributed by atoms with Crippen molar-refractivity contribution in [2.75, 3.05) is 11.1 Å². The van der Waals surface area contributed by atoms with E-state index < -0.39 is 75.5 Å². The van der Waals surface area contributed by atoms with E-state index >= 15 is 0 Å². The molecule has 1 unspecified atom stereocenters. The van der Waals surface area contributed by atoms with Crippen LogP contribution >= 0.6 is 0 Å². The van der Waals surface area contributed by atoms with Gasteiger partial charge in [-0.15, -0.1) is 0 Å².